The van der Waals surface area contributed by atoms with E-state index in [1.807, 2.05) is 42.5 Å². The quantitative estimate of drug-likeness (QED) is 0.707. The van der Waals surface area contributed by atoms with Crippen molar-refractivity contribution in [3.63, 3.8) is 0 Å². The lowest BCUT2D eigenvalue weighted by Crippen LogP contribution is -2.20. The van der Waals surface area contributed by atoms with Gasteiger partial charge in [0.25, 0.3) is 0 Å². The van der Waals surface area contributed by atoms with Crippen molar-refractivity contribution in [3.05, 3.63) is 76.5 Å². The van der Waals surface area contributed by atoms with Crippen molar-refractivity contribution in [2.75, 3.05) is 6.54 Å². The Bertz CT molecular complexity index is 752. The summed E-state index contributed by atoms with van der Waals surface area (Å²) >= 11 is 6.04. The lowest BCUT2D eigenvalue weighted by molar-refractivity contribution is 0.371. The van der Waals surface area contributed by atoms with Crippen LogP contribution < -0.4 is 0 Å². The highest BCUT2D eigenvalue weighted by atomic mass is 35.5. The van der Waals surface area contributed by atoms with Gasteiger partial charge in [-0.25, -0.2) is 4.99 Å². The third kappa shape index (κ3) is 3.48. The Morgan fingerprint density at radius 1 is 0.957 bits per heavy atom. The van der Waals surface area contributed by atoms with Crippen molar-refractivity contribution in [3.8, 4) is 0 Å². The fourth-order valence-corrected chi connectivity index (χ4v) is 2.68. The fourth-order valence-electron chi connectivity index (χ4n) is 2.56. The molecular formula is C20H20ClNO. The predicted octanol–water partition coefficient (Wildman–Crippen LogP) is 5.57. The fraction of sp³-hybridized carbons (Fsp3) is 0.250. The second-order valence-electron chi connectivity index (χ2n) is 6.64. The van der Waals surface area contributed by atoms with Crippen LogP contribution in [0.2, 0.25) is 5.02 Å². The van der Waals surface area contributed by atoms with Gasteiger partial charge in [0.2, 0.25) is 0 Å². The molecule has 2 aromatic rings. The molecule has 0 saturated heterocycles. The molecule has 0 bridgehead atoms. The standard InChI is InChI=1S/C20H20ClNO/c1-20(2,3)19-22-13-17(23-19)18(14-7-5-4-6-8-14)15-9-11-16(21)12-10-15/h4-12H,13H2,1-3H3/b18-17-. The van der Waals surface area contributed by atoms with E-state index in [0.29, 0.717) is 6.54 Å². The topological polar surface area (TPSA) is 21.6 Å². The van der Waals surface area contributed by atoms with Gasteiger partial charge in [-0.3, -0.25) is 0 Å². The molecule has 1 aliphatic heterocycles. The van der Waals surface area contributed by atoms with Gasteiger partial charge in [-0.15, -0.1) is 0 Å². The first kappa shape index (κ1) is 15.8. The van der Waals surface area contributed by atoms with Crippen LogP contribution >= 0.6 is 11.6 Å². The lowest BCUT2D eigenvalue weighted by atomic mass is 9.96. The van der Waals surface area contributed by atoms with E-state index in [0.717, 1.165) is 33.4 Å². The van der Waals surface area contributed by atoms with Gasteiger partial charge in [-0.2, -0.15) is 0 Å². The van der Waals surface area contributed by atoms with E-state index in [1.165, 1.54) is 0 Å². The number of aliphatic imine (C=N–C) groups is 1. The first-order valence-electron chi connectivity index (χ1n) is 7.72. The predicted molar refractivity (Wildman–Crippen MR) is 96.8 cm³/mol. The Morgan fingerprint density at radius 2 is 1.57 bits per heavy atom. The van der Waals surface area contributed by atoms with Gasteiger partial charge in [0, 0.05) is 16.0 Å². The molecule has 0 N–H and O–H groups in total. The minimum atomic E-state index is -0.0937. The van der Waals surface area contributed by atoms with Gasteiger partial charge in [0.05, 0.1) is 0 Å². The van der Waals surface area contributed by atoms with Crippen molar-refractivity contribution in [1.29, 1.82) is 0 Å². The molecule has 0 saturated carbocycles. The molecular weight excluding hydrogens is 306 g/mol. The Hall–Kier alpha value is -2.06. The molecule has 0 aromatic heterocycles. The van der Waals surface area contributed by atoms with E-state index < -0.39 is 0 Å². The molecule has 0 fully saturated rings. The van der Waals surface area contributed by atoms with Gasteiger partial charge in [-0.05, 0) is 23.3 Å². The second-order valence-corrected chi connectivity index (χ2v) is 7.08. The molecule has 1 heterocycles. The number of benzene rings is 2. The molecule has 2 aromatic carbocycles. The van der Waals surface area contributed by atoms with Crippen LogP contribution in [0.3, 0.4) is 0 Å². The van der Waals surface area contributed by atoms with Gasteiger partial charge in [0.1, 0.15) is 12.3 Å². The highest BCUT2D eigenvalue weighted by molar-refractivity contribution is 6.30. The van der Waals surface area contributed by atoms with E-state index in [-0.39, 0.29) is 5.41 Å². The van der Waals surface area contributed by atoms with Crippen LogP contribution in [0.4, 0.5) is 0 Å². The Balaban J connectivity index is 2.07. The summed E-state index contributed by atoms with van der Waals surface area (Å²) in [5.41, 5.74) is 3.19. The van der Waals surface area contributed by atoms with Crippen molar-refractivity contribution < 1.29 is 4.74 Å². The summed E-state index contributed by atoms with van der Waals surface area (Å²) in [6.07, 6.45) is 0. The molecule has 118 valence electrons. The minimum absolute atomic E-state index is 0.0937. The van der Waals surface area contributed by atoms with E-state index >= 15 is 0 Å². The zero-order valence-corrected chi connectivity index (χ0v) is 14.4. The van der Waals surface area contributed by atoms with E-state index in [2.05, 4.69) is 37.9 Å². The Kier molecular flexibility index (Phi) is 4.27. The van der Waals surface area contributed by atoms with Crippen LogP contribution in [0.25, 0.3) is 5.57 Å². The van der Waals surface area contributed by atoms with Crippen LogP contribution in [-0.2, 0) is 4.74 Å². The van der Waals surface area contributed by atoms with Crippen LogP contribution in [0, 0.1) is 5.41 Å². The van der Waals surface area contributed by atoms with E-state index in [4.69, 9.17) is 16.3 Å². The Morgan fingerprint density at radius 3 is 2.13 bits per heavy atom. The van der Waals surface area contributed by atoms with Crippen molar-refractivity contribution in [2.45, 2.75) is 20.8 Å². The summed E-state index contributed by atoms with van der Waals surface area (Å²) < 4.78 is 6.12. The minimum Gasteiger partial charge on any atom is -0.444 e. The third-order valence-electron chi connectivity index (χ3n) is 3.70. The SMILES string of the molecule is CC(C)(C)C1=NC/C(=C(\c2ccccc2)c2ccc(Cl)cc2)O1. The highest BCUT2D eigenvalue weighted by Gasteiger charge is 2.28. The molecule has 2 nitrogen and oxygen atoms in total. The third-order valence-corrected chi connectivity index (χ3v) is 3.95. The van der Waals surface area contributed by atoms with Gasteiger partial charge < -0.3 is 4.74 Å². The number of ether oxygens (including phenoxy) is 1. The molecule has 0 unspecified atom stereocenters. The summed E-state index contributed by atoms with van der Waals surface area (Å²) in [5, 5.41) is 0.727. The van der Waals surface area contributed by atoms with Gasteiger partial charge >= 0.3 is 0 Å². The maximum Gasteiger partial charge on any atom is 0.195 e. The first-order chi connectivity index (χ1) is 10.9. The maximum atomic E-state index is 6.12. The van der Waals surface area contributed by atoms with Crippen LogP contribution in [-0.4, -0.2) is 12.4 Å². The molecule has 3 rings (SSSR count). The summed E-state index contributed by atoms with van der Waals surface area (Å²) in [4.78, 5) is 4.59. The van der Waals surface area contributed by atoms with Crippen molar-refractivity contribution in [2.24, 2.45) is 10.4 Å². The second kappa shape index (κ2) is 6.21. The molecule has 1 aliphatic rings. The largest absolute Gasteiger partial charge is 0.444 e. The van der Waals surface area contributed by atoms with Crippen LogP contribution in [0.5, 0.6) is 0 Å². The molecule has 23 heavy (non-hydrogen) atoms. The average Bonchev–Trinajstić information content (AvgIpc) is 3.00. The van der Waals surface area contributed by atoms with Crippen LogP contribution in [0.15, 0.2) is 65.3 Å². The monoisotopic (exact) mass is 325 g/mol. The number of halogens is 1. The van der Waals surface area contributed by atoms with Gasteiger partial charge in [-0.1, -0.05) is 74.8 Å². The summed E-state index contributed by atoms with van der Waals surface area (Å²) in [6.45, 7) is 6.90. The zero-order chi connectivity index (χ0) is 16.4. The zero-order valence-electron chi connectivity index (χ0n) is 13.6. The maximum absolute atomic E-state index is 6.12. The van der Waals surface area contributed by atoms with Crippen molar-refractivity contribution >= 4 is 23.1 Å². The normalized spacial score (nSPS) is 16.8. The lowest BCUT2D eigenvalue weighted by Gasteiger charge is -2.19. The summed E-state index contributed by atoms with van der Waals surface area (Å²) in [6, 6.07) is 18.1. The average molecular weight is 326 g/mol. The smallest absolute Gasteiger partial charge is 0.195 e. The summed E-state index contributed by atoms with van der Waals surface area (Å²) in [7, 11) is 0. The molecule has 3 heteroatoms. The summed E-state index contributed by atoms with van der Waals surface area (Å²) in [5.74, 6) is 1.68. The number of nitrogens with zero attached hydrogens (tertiary/aromatic N) is 1. The Labute approximate surface area is 142 Å². The molecule has 0 radical (unpaired) electrons. The molecule has 0 spiro atoms. The number of hydrogen-bond acceptors (Lipinski definition) is 2. The van der Waals surface area contributed by atoms with Crippen molar-refractivity contribution in [1.82, 2.24) is 0 Å². The molecule has 0 amide bonds. The van der Waals surface area contributed by atoms with E-state index in [1.54, 1.807) is 0 Å². The molecule has 0 aliphatic carbocycles. The van der Waals surface area contributed by atoms with Crippen LogP contribution in [0.1, 0.15) is 31.9 Å². The first-order valence-corrected chi connectivity index (χ1v) is 8.10. The molecule has 0 atom stereocenters. The van der Waals surface area contributed by atoms with E-state index in [9.17, 15) is 0 Å². The van der Waals surface area contributed by atoms with Gasteiger partial charge in [0.15, 0.2) is 5.90 Å². The highest BCUT2D eigenvalue weighted by Crippen LogP contribution is 2.33. The number of rotatable bonds is 2. The number of hydrogen-bond donors (Lipinski definition) is 0.